The first-order chi connectivity index (χ1) is 10.2. The second kappa shape index (κ2) is 4.55. The largest absolute Gasteiger partial charge is 0.449 e. The van der Waals surface area contributed by atoms with E-state index in [4.69, 9.17) is 4.42 Å². The number of furan rings is 1. The molecule has 0 atom stereocenters. The Morgan fingerprint density at radius 1 is 1.05 bits per heavy atom. The Morgan fingerprint density at radius 2 is 1.90 bits per heavy atom. The van der Waals surface area contributed by atoms with E-state index in [0.717, 1.165) is 19.3 Å². The molecule has 2 nitrogen and oxygen atoms in total. The van der Waals surface area contributed by atoms with Crippen molar-refractivity contribution < 1.29 is 13.6 Å². The standard InChI is InChI=1S/C18H13FO2/c19-15-6-2-5-14-10-16(21-18(14)15)17(20)13-8-7-11-3-1-4-12(11)9-13/h2,5-10H,1,3-4H2. The van der Waals surface area contributed by atoms with Crippen LogP contribution in [-0.2, 0) is 12.8 Å². The normalized spacial score (nSPS) is 13.6. The maximum Gasteiger partial charge on any atom is 0.228 e. The van der Waals surface area contributed by atoms with Crippen molar-refractivity contribution in [3.8, 4) is 0 Å². The maximum absolute atomic E-state index is 13.6. The van der Waals surface area contributed by atoms with Gasteiger partial charge in [0.15, 0.2) is 17.2 Å². The molecule has 0 saturated heterocycles. The van der Waals surface area contributed by atoms with Gasteiger partial charge in [-0.15, -0.1) is 0 Å². The Balaban J connectivity index is 1.77. The second-order valence-corrected chi connectivity index (χ2v) is 5.44. The van der Waals surface area contributed by atoms with Gasteiger partial charge in [-0.1, -0.05) is 24.3 Å². The van der Waals surface area contributed by atoms with Gasteiger partial charge in [-0.3, -0.25) is 4.79 Å². The molecule has 21 heavy (non-hydrogen) atoms. The molecule has 0 unspecified atom stereocenters. The third-order valence-corrected chi connectivity index (χ3v) is 4.08. The van der Waals surface area contributed by atoms with Crippen LogP contribution in [0.4, 0.5) is 4.39 Å². The summed E-state index contributed by atoms with van der Waals surface area (Å²) < 4.78 is 19.1. The molecular formula is C18H13FO2. The zero-order valence-electron chi connectivity index (χ0n) is 11.4. The van der Waals surface area contributed by atoms with E-state index in [-0.39, 0.29) is 17.1 Å². The Hall–Kier alpha value is -2.42. The molecule has 2 aromatic carbocycles. The summed E-state index contributed by atoms with van der Waals surface area (Å²) in [4.78, 5) is 12.5. The number of benzene rings is 2. The van der Waals surface area contributed by atoms with Crippen molar-refractivity contribution in [2.75, 3.05) is 0 Å². The minimum atomic E-state index is -0.444. The predicted octanol–water partition coefficient (Wildman–Crippen LogP) is 4.29. The fourth-order valence-corrected chi connectivity index (χ4v) is 2.99. The minimum Gasteiger partial charge on any atom is -0.449 e. The van der Waals surface area contributed by atoms with Crippen LogP contribution >= 0.6 is 0 Å². The van der Waals surface area contributed by atoms with E-state index < -0.39 is 5.82 Å². The number of fused-ring (bicyclic) bond motifs is 2. The van der Waals surface area contributed by atoms with E-state index in [1.807, 2.05) is 18.2 Å². The number of ketones is 1. The summed E-state index contributed by atoms with van der Waals surface area (Å²) in [5, 5.41) is 0.611. The topological polar surface area (TPSA) is 30.2 Å². The molecule has 1 aromatic heterocycles. The molecular weight excluding hydrogens is 267 g/mol. The van der Waals surface area contributed by atoms with Crippen molar-refractivity contribution in [3.05, 3.63) is 70.7 Å². The molecule has 3 aromatic rings. The fraction of sp³-hybridized carbons (Fsp3) is 0.167. The Labute approximate surface area is 121 Å². The van der Waals surface area contributed by atoms with Gasteiger partial charge in [0.2, 0.25) is 5.78 Å². The summed E-state index contributed by atoms with van der Waals surface area (Å²) in [5.74, 6) is -0.450. The highest BCUT2D eigenvalue weighted by Crippen LogP contribution is 2.26. The first-order valence-corrected chi connectivity index (χ1v) is 7.07. The van der Waals surface area contributed by atoms with E-state index in [9.17, 15) is 9.18 Å². The zero-order valence-corrected chi connectivity index (χ0v) is 11.4. The lowest BCUT2D eigenvalue weighted by molar-refractivity contribution is 0.101. The quantitative estimate of drug-likeness (QED) is 0.655. The van der Waals surface area contributed by atoms with Crippen LogP contribution in [0.3, 0.4) is 0 Å². The van der Waals surface area contributed by atoms with E-state index in [0.29, 0.717) is 10.9 Å². The van der Waals surface area contributed by atoms with Gasteiger partial charge in [0, 0.05) is 10.9 Å². The summed E-state index contributed by atoms with van der Waals surface area (Å²) in [5.41, 5.74) is 3.31. The Morgan fingerprint density at radius 3 is 2.76 bits per heavy atom. The van der Waals surface area contributed by atoms with Crippen molar-refractivity contribution in [1.82, 2.24) is 0 Å². The average Bonchev–Trinajstić information content (AvgIpc) is 3.12. The van der Waals surface area contributed by atoms with Crippen LogP contribution in [0.2, 0.25) is 0 Å². The van der Waals surface area contributed by atoms with E-state index in [1.165, 1.54) is 17.2 Å². The number of aryl methyl sites for hydroxylation is 2. The van der Waals surface area contributed by atoms with Gasteiger partial charge < -0.3 is 4.42 Å². The van der Waals surface area contributed by atoms with Gasteiger partial charge in [-0.25, -0.2) is 4.39 Å². The van der Waals surface area contributed by atoms with Crippen LogP contribution in [0.25, 0.3) is 11.0 Å². The fourth-order valence-electron chi connectivity index (χ4n) is 2.99. The summed E-state index contributed by atoms with van der Waals surface area (Å²) in [6.45, 7) is 0. The Kier molecular flexibility index (Phi) is 2.67. The first-order valence-electron chi connectivity index (χ1n) is 7.07. The highest BCUT2D eigenvalue weighted by Gasteiger charge is 2.19. The van der Waals surface area contributed by atoms with Crippen molar-refractivity contribution in [2.45, 2.75) is 19.3 Å². The van der Waals surface area contributed by atoms with Gasteiger partial charge >= 0.3 is 0 Å². The van der Waals surface area contributed by atoms with Crippen LogP contribution in [-0.4, -0.2) is 5.78 Å². The highest BCUT2D eigenvalue weighted by molar-refractivity contribution is 6.09. The smallest absolute Gasteiger partial charge is 0.228 e. The Bertz CT molecular complexity index is 861. The number of rotatable bonds is 2. The molecule has 0 saturated carbocycles. The molecule has 0 fully saturated rings. The third-order valence-electron chi connectivity index (χ3n) is 4.08. The lowest BCUT2D eigenvalue weighted by atomic mass is 10.0. The van der Waals surface area contributed by atoms with Crippen LogP contribution in [0.5, 0.6) is 0 Å². The van der Waals surface area contributed by atoms with E-state index in [1.54, 1.807) is 18.2 Å². The summed E-state index contributed by atoms with van der Waals surface area (Å²) in [7, 11) is 0. The van der Waals surface area contributed by atoms with Crippen molar-refractivity contribution in [3.63, 3.8) is 0 Å². The lowest BCUT2D eigenvalue weighted by Crippen LogP contribution is -2.00. The van der Waals surface area contributed by atoms with Crippen molar-refractivity contribution in [2.24, 2.45) is 0 Å². The lowest BCUT2D eigenvalue weighted by Gasteiger charge is -2.02. The third kappa shape index (κ3) is 1.97. The molecule has 1 aliphatic rings. The molecule has 4 rings (SSSR count). The van der Waals surface area contributed by atoms with Gasteiger partial charge in [-0.2, -0.15) is 0 Å². The van der Waals surface area contributed by atoms with E-state index in [2.05, 4.69) is 0 Å². The van der Waals surface area contributed by atoms with Crippen LogP contribution < -0.4 is 0 Å². The number of hydrogen-bond acceptors (Lipinski definition) is 2. The number of hydrogen-bond donors (Lipinski definition) is 0. The molecule has 0 amide bonds. The minimum absolute atomic E-state index is 0.141. The monoisotopic (exact) mass is 280 g/mol. The summed E-state index contributed by atoms with van der Waals surface area (Å²) >= 11 is 0. The van der Waals surface area contributed by atoms with Gasteiger partial charge in [0.05, 0.1) is 0 Å². The number of carbonyl (C=O) groups is 1. The number of carbonyl (C=O) groups excluding carboxylic acids is 1. The molecule has 1 aliphatic carbocycles. The molecule has 0 radical (unpaired) electrons. The molecule has 1 heterocycles. The second-order valence-electron chi connectivity index (χ2n) is 5.44. The highest BCUT2D eigenvalue weighted by atomic mass is 19.1. The molecule has 104 valence electrons. The molecule has 0 bridgehead atoms. The summed E-state index contributed by atoms with van der Waals surface area (Å²) in [6.07, 6.45) is 3.24. The van der Waals surface area contributed by atoms with E-state index >= 15 is 0 Å². The molecule has 0 aliphatic heterocycles. The SMILES string of the molecule is O=C(c1ccc2c(c1)CCC2)c1cc2cccc(F)c2o1. The van der Waals surface area contributed by atoms with Gasteiger partial charge in [-0.05, 0) is 48.6 Å². The molecule has 0 spiro atoms. The van der Waals surface area contributed by atoms with Crippen molar-refractivity contribution >= 4 is 16.8 Å². The molecule has 0 N–H and O–H groups in total. The van der Waals surface area contributed by atoms with Gasteiger partial charge in [0.25, 0.3) is 0 Å². The predicted molar refractivity (Wildman–Crippen MR) is 78.1 cm³/mol. The maximum atomic E-state index is 13.6. The van der Waals surface area contributed by atoms with Gasteiger partial charge in [0.1, 0.15) is 0 Å². The first kappa shape index (κ1) is 12.3. The number of para-hydroxylation sites is 1. The summed E-state index contributed by atoms with van der Waals surface area (Å²) in [6, 6.07) is 12.1. The zero-order chi connectivity index (χ0) is 14.4. The van der Waals surface area contributed by atoms with Crippen molar-refractivity contribution in [1.29, 1.82) is 0 Å². The molecule has 3 heteroatoms. The van der Waals surface area contributed by atoms with Crippen LogP contribution in [0.1, 0.15) is 33.7 Å². The van der Waals surface area contributed by atoms with Crippen LogP contribution in [0.15, 0.2) is 46.9 Å². The number of halogens is 1. The van der Waals surface area contributed by atoms with Crippen LogP contribution in [0, 0.1) is 5.82 Å². The average molecular weight is 280 g/mol.